The second-order valence-corrected chi connectivity index (χ2v) is 7.83. The van der Waals surface area contributed by atoms with Crippen molar-refractivity contribution in [2.45, 2.75) is 38.6 Å². The number of nitro benzene ring substituents is 1. The highest BCUT2D eigenvalue weighted by Gasteiger charge is 2.29. The normalized spacial score (nSPS) is 13.4. The van der Waals surface area contributed by atoms with Gasteiger partial charge < -0.3 is 10.1 Å². The van der Waals surface area contributed by atoms with E-state index < -0.39 is 29.2 Å². The lowest BCUT2D eigenvalue weighted by atomic mass is 10.1. The average molecular weight is 441 g/mol. The van der Waals surface area contributed by atoms with E-state index in [1.165, 1.54) is 6.20 Å². The van der Waals surface area contributed by atoms with Crippen LogP contribution in [-0.4, -0.2) is 38.2 Å². The van der Waals surface area contributed by atoms with Gasteiger partial charge in [0.1, 0.15) is 5.82 Å². The number of carbonyl (C=O) groups is 2. The predicted octanol–water partition coefficient (Wildman–Crippen LogP) is 3.73. The van der Waals surface area contributed by atoms with Gasteiger partial charge in [0.25, 0.3) is 11.6 Å². The van der Waals surface area contributed by atoms with Crippen molar-refractivity contribution >= 4 is 34.3 Å². The summed E-state index contributed by atoms with van der Waals surface area (Å²) < 4.78 is 20.7. The summed E-state index contributed by atoms with van der Waals surface area (Å²) >= 11 is 0. The summed E-state index contributed by atoms with van der Waals surface area (Å²) in [6, 6.07) is 4.44. The molecule has 3 aromatic rings. The van der Waals surface area contributed by atoms with Crippen LogP contribution in [0, 0.1) is 15.9 Å². The molecule has 0 bridgehead atoms. The zero-order valence-corrected chi connectivity index (χ0v) is 17.4. The maximum Gasteiger partial charge on any atom is 0.339 e. The van der Waals surface area contributed by atoms with Crippen molar-refractivity contribution in [1.29, 1.82) is 0 Å². The number of benzene rings is 1. The molecule has 1 fully saturated rings. The third-order valence-electron chi connectivity index (χ3n) is 5.06. The molecule has 1 saturated carbocycles. The van der Waals surface area contributed by atoms with Gasteiger partial charge in [-0.2, -0.15) is 5.10 Å². The van der Waals surface area contributed by atoms with Crippen molar-refractivity contribution in [2.75, 3.05) is 11.9 Å². The van der Waals surface area contributed by atoms with Gasteiger partial charge in [-0.15, -0.1) is 0 Å². The Morgan fingerprint density at radius 3 is 2.75 bits per heavy atom. The van der Waals surface area contributed by atoms with Crippen molar-refractivity contribution in [3.05, 3.63) is 57.7 Å². The third kappa shape index (κ3) is 4.27. The fraction of sp³-hybridized carbons (Fsp3) is 0.333. The van der Waals surface area contributed by atoms with Gasteiger partial charge in [0.15, 0.2) is 12.3 Å². The molecule has 11 heteroatoms. The molecule has 2 heterocycles. The van der Waals surface area contributed by atoms with E-state index in [1.807, 2.05) is 13.8 Å². The van der Waals surface area contributed by atoms with E-state index in [9.17, 15) is 24.1 Å². The highest BCUT2D eigenvalue weighted by Crippen LogP contribution is 2.40. The van der Waals surface area contributed by atoms with Crippen LogP contribution < -0.4 is 5.32 Å². The smallest absolute Gasteiger partial charge is 0.339 e. The van der Waals surface area contributed by atoms with Crippen molar-refractivity contribution in [3.8, 4) is 0 Å². The lowest BCUT2D eigenvalue weighted by Gasteiger charge is -2.10. The Labute approximate surface area is 181 Å². The van der Waals surface area contributed by atoms with Gasteiger partial charge in [-0.3, -0.25) is 14.9 Å². The maximum atomic E-state index is 13.9. The van der Waals surface area contributed by atoms with Crippen LogP contribution in [-0.2, 0) is 9.53 Å². The number of nitrogens with zero attached hydrogens (tertiary/aromatic N) is 4. The minimum atomic E-state index is -0.846. The molecule has 1 amide bonds. The molecule has 0 saturated heterocycles. The molecule has 1 aromatic carbocycles. The predicted molar refractivity (Wildman–Crippen MR) is 112 cm³/mol. The summed E-state index contributed by atoms with van der Waals surface area (Å²) in [7, 11) is 0. The molecule has 1 aliphatic carbocycles. The molecule has 10 nitrogen and oxygen atoms in total. The molecule has 166 valence electrons. The number of non-ortho nitro benzene ring substituents is 1. The lowest BCUT2D eigenvalue weighted by Crippen LogP contribution is -2.21. The Bertz CT molecular complexity index is 1230. The van der Waals surface area contributed by atoms with E-state index in [1.54, 1.807) is 10.7 Å². The largest absolute Gasteiger partial charge is 0.452 e. The first-order valence-corrected chi connectivity index (χ1v) is 10.0. The molecule has 0 atom stereocenters. The summed E-state index contributed by atoms with van der Waals surface area (Å²) in [5.41, 5.74) is 0.834. The Balaban J connectivity index is 1.51. The number of ether oxygens (including phenoxy) is 1. The summed E-state index contributed by atoms with van der Waals surface area (Å²) in [6.07, 6.45) is 3.51. The summed E-state index contributed by atoms with van der Waals surface area (Å²) in [4.78, 5) is 39.7. The third-order valence-corrected chi connectivity index (χ3v) is 5.06. The van der Waals surface area contributed by atoms with Gasteiger partial charge in [-0.1, -0.05) is 0 Å². The van der Waals surface area contributed by atoms with Gasteiger partial charge in [0, 0.05) is 29.8 Å². The number of hydrogen-bond donors (Lipinski definition) is 1. The van der Waals surface area contributed by atoms with E-state index in [-0.39, 0.29) is 28.9 Å². The number of aromatic nitrogens is 3. The van der Waals surface area contributed by atoms with Crippen LogP contribution in [0.1, 0.15) is 54.7 Å². The number of esters is 1. The van der Waals surface area contributed by atoms with E-state index in [2.05, 4.69) is 15.4 Å². The quantitative estimate of drug-likeness (QED) is 0.336. The molecule has 0 aliphatic heterocycles. The van der Waals surface area contributed by atoms with Crippen molar-refractivity contribution in [3.63, 3.8) is 0 Å². The molecule has 2 aromatic heterocycles. The van der Waals surface area contributed by atoms with Crippen LogP contribution in [0.3, 0.4) is 0 Å². The monoisotopic (exact) mass is 441 g/mol. The fourth-order valence-electron chi connectivity index (χ4n) is 3.29. The average Bonchev–Trinajstić information content (AvgIpc) is 3.51. The lowest BCUT2D eigenvalue weighted by molar-refractivity contribution is -0.384. The zero-order valence-electron chi connectivity index (χ0n) is 17.4. The van der Waals surface area contributed by atoms with Crippen LogP contribution in [0.25, 0.3) is 11.0 Å². The Hall–Kier alpha value is -3.89. The second kappa shape index (κ2) is 8.33. The number of halogens is 1. The number of hydrogen-bond acceptors (Lipinski definition) is 7. The molecule has 4 rings (SSSR count). The topological polar surface area (TPSA) is 129 Å². The number of amides is 1. The first kappa shape index (κ1) is 21.3. The second-order valence-electron chi connectivity index (χ2n) is 7.83. The minimum Gasteiger partial charge on any atom is -0.452 e. The Kier molecular flexibility index (Phi) is 5.56. The summed E-state index contributed by atoms with van der Waals surface area (Å²) in [5.74, 6) is -2.14. The Morgan fingerprint density at radius 1 is 1.34 bits per heavy atom. The van der Waals surface area contributed by atoms with Gasteiger partial charge >= 0.3 is 5.97 Å². The van der Waals surface area contributed by atoms with Crippen molar-refractivity contribution in [1.82, 2.24) is 14.8 Å². The zero-order chi connectivity index (χ0) is 23.0. The van der Waals surface area contributed by atoms with Crippen LogP contribution in [0.4, 0.5) is 15.8 Å². The van der Waals surface area contributed by atoms with Crippen LogP contribution in [0.5, 0.6) is 0 Å². The molecule has 32 heavy (non-hydrogen) atoms. The van der Waals surface area contributed by atoms with E-state index in [0.717, 1.165) is 36.7 Å². The minimum absolute atomic E-state index is 0.0360. The number of pyridine rings is 1. The molecule has 1 aliphatic rings. The molecule has 1 N–H and O–H groups in total. The molecule has 0 spiro atoms. The molecular weight excluding hydrogens is 421 g/mol. The molecular formula is C21H20FN5O5. The van der Waals surface area contributed by atoms with Gasteiger partial charge in [-0.25, -0.2) is 18.9 Å². The van der Waals surface area contributed by atoms with E-state index >= 15 is 0 Å². The standard InChI is InChI=1S/C21H20FN5O5/c1-11(2)26-20-15(9-23-26)14(8-17(25-20)12-3-4-12)21(29)32-10-19(28)24-18-7-13(27(30)31)5-6-16(18)22/h5-9,11-12H,3-4,10H2,1-2H3,(H,24,28). The highest BCUT2D eigenvalue weighted by atomic mass is 19.1. The van der Waals surface area contributed by atoms with E-state index in [4.69, 9.17) is 4.74 Å². The number of nitro groups is 1. The molecule has 0 radical (unpaired) electrons. The number of rotatable bonds is 7. The van der Waals surface area contributed by atoms with Crippen molar-refractivity contribution < 1.29 is 23.6 Å². The fourth-order valence-corrected chi connectivity index (χ4v) is 3.29. The number of fused-ring (bicyclic) bond motifs is 1. The molecule has 0 unspecified atom stereocenters. The highest BCUT2D eigenvalue weighted by molar-refractivity contribution is 6.04. The van der Waals surface area contributed by atoms with Crippen LogP contribution in [0.15, 0.2) is 30.5 Å². The number of nitrogens with one attached hydrogen (secondary N) is 1. The van der Waals surface area contributed by atoms with E-state index in [0.29, 0.717) is 11.0 Å². The maximum absolute atomic E-state index is 13.9. The number of carbonyl (C=O) groups excluding carboxylic acids is 2. The van der Waals surface area contributed by atoms with Gasteiger partial charge in [-0.05, 0) is 38.8 Å². The van der Waals surface area contributed by atoms with Crippen molar-refractivity contribution in [2.24, 2.45) is 0 Å². The first-order valence-electron chi connectivity index (χ1n) is 10.0. The van der Waals surface area contributed by atoms with Crippen LogP contribution in [0.2, 0.25) is 0 Å². The summed E-state index contributed by atoms with van der Waals surface area (Å²) in [6.45, 7) is 3.21. The van der Waals surface area contributed by atoms with Gasteiger partial charge in [0.05, 0.1) is 27.8 Å². The first-order chi connectivity index (χ1) is 15.2. The summed E-state index contributed by atoms with van der Waals surface area (Å²) in [5, 5.41) is 17.9. The SMILES string of the molecule is CC(C)n1ncc2c(C(=O)OCC(=O)Nc3cc([N+](=O)[O-])ccc3F)cc(C3CC3)nc21. The van der Waals surface area contributed by atoms with Crippen LogP contribution >= 0.6 is 0 Å². The van der Waals surface area contributed by atoms with Gasteiger partial charge in [0.2, 0.25) is 0 Å². The number of anilines is 1. The Morgan fingerprint density at radius 2 is 2.09 bits per heavy atom.